The molecule has 0 saturated carbocycles. The second kappa shape index (κ2) is 7.67. The summed E-state index contributed by atoms with van der Waals surface area (Å²) in [5.41, 5.74) is 6.60. The third-order valence-corrected chi connectivity index (χ3v) is 7.67. The van der Waals surface area contributed by atoms with Gasteiger partial charge in [-0.3, -0.25) is 9.89 Å². The number of aromatic amines is 1. The average molecular weight is 463 g/mol. The van der Waals surface area contributed by atoms with Gasteiger partial charge in [-0.25, -0.2) is 4.98 Å². The van der Waals surface area contributed by atoms with E-state index in [4.69, 9.17) is 4.98 Å². The van der Waals surface area contributed by atoms with E-state index in [9.17, 15) is 10.1 Å². The minimum atomic E-state index is -0.0165. The van der Waals surface area contributed by atoms with Crippen LogP contribution >= 0.6 is 0 Å². The van der Waals surface area contributed by atoms with E-state index in [1.807, 2.05) is 23.2 Å². The number of nitriles is 1. The fourth-order valence-corrected chi connectivity index (χ4v) is 5.89. The van der Waals surface area contributed by atoms with Crippen LogP contribution in [-0.4, -0.2) is 52.2 Å². The van der Waals surface area contributed by atoms with Crippen molar-refractivity contribution in [1.29, 1.82) is 5.26 Å². The number of pyridine rings is 1. The molecule has 35 heavy (non-hydrogen) atoms. The molecular formula is C28H26N6O. The summed E-state index contributed by atoms with van der Waals surface area (Å²) in [5, 5.41) is 19.8. The van der Waals surface area contributed by atoms with Gasteiger partial charge in [0.25, 0.3) is 0 Å². The number of benzene rings is 2. The van der Waals surface area contributed by atoms with Crippen molar-refractivity contribution >= 4 is 33.5 Å². The van der Waals surface area contributed by atoms with Gasteiger partial charge in [0.2, 0.25) is 5.91 Å². The molecule has 2 saturated heterocycles. The third-order valence-electron chi connectivity index (χ3n) is 7.67. The quantitative estimate of drug-likeness (QED) is 0.453. The number of hydrogen-bond acceptors (Lipinski definition) is 5. The number of para-hydroxylation sites is 1. The number of rotatable bonds is 3. The van der Waals surface area contributed by atoms with Gasteiger partial charge in [0.1, 0.15) is 17.5 Å². The number of nitrogens with zero attached hydrogens (tertiary/aromatic N) is 5. The second-order valence-corrected chi connectivity index (χ2v) is 9.93. The summed E-state index contributed by atoms with van der Waals surface area (Å²) in [6.07, 6.45) is 4.19. The van der Waals surface area contributed by atoms with Crippen molar-refractivity contribution < 1.29 is 4.79 Å². The molecule has 1 N–H and O–H groups in total. The lowest BCUT2D eigenvalue weighted by Gasteiger charge is -2.47. The molecule has 2 aliphatic rings. The molecule has 7 nitrogen and oxygen atoms in total. The van der Waals surface area contributed by atoms with Crippen molar-refractivity contribution in [2.75, 3.05) is 31.1 Å². The van der Waals surface area contributed by atoms with Crippen molar-refractivity contribution in [3.05, 3.63) is 65.9 Å². The maximum atomic E-state index is 12.0. The normalized spacial score (nSPS) is 16.6. The van der Waals surface area contributed by atoms with Gasteiger partial charge < -0.3 is 9.80 Å². The van der Waals surface area contributed by atoms with E-state index in [1.54, 1.807) is 0 Å². The van der Waals surface area contributed by atoms with Gasteiger partial charge in [0.15, 0.2) is 0 Å². The Hall–Kier alpha value is -4.18. The number of aromatic nitrogens is 3. The number of anilines is 1. The number of fused-ring (bicyclic) bond motifs is 2. The summed E-state index contributed by atoms with van der Waals surface area (Å²) in [4.78, 5) is 21.2. The average Bonchev–Trinajstić information content (AvgIpc) is 3.50. The van der Waals surface area contributed by atoms with Crippen LogP contribution in [0.2, 0.25) is 0 Å². The minimum Gasteiger partial charge on any atom is -0.355 e. The molecule has 2 aromatic heterocycles. The van der Waals surface area contributed by atoms with E-state index in [2.05, 4.69) is 59.8 Å². The molecule has 7 heteroatoms. The van der Waals surface area contributed by atoms with Crippen LogP contribution in [0.25, 0.3) is 32.9 Å². The summed E-state index contributed by atoms with van der Waals surface area (Å²) in [6.45, 7) is 10.8. The molecule has 1 spiro atoms. The van der Waals surface area contributed by atoms with Crippen LogP contribution in [0.5, 0.6) is 0 Å². The van der Waals surface area contributed by atoms with E-state index < -0.39 is 0 Å². The monoisotopic (exact) mass is 462 g/mol. The van der Waals surface area contributed by atoms with Crippen LogP contribution in [0, 0.1) is 30.6 Å². The molecule has 0 aliphatic carbocycles. The summed E-state index contributed by atoms with van der Waals surface area (Å²) in [7, 11) is 0. The third kappa shape index (κ3) is 3.13. The second-order valence-electron chi connectivity index (χ2n) is 9.93. The van der Waals surface area contributed by atoms with Gasteiger partial charge in [-0.2, -0.15) is 10.4 Å². The van der Waals surface area contributed by atoms with E-state index in [1.165, 1.54) is 6.08 Å². The first-order valence-electron chi connectivity index (χ1n) is 11.9. The molecule has 2 fully saturated rings. The Kier molecular flexibility index (Phi) is 4.68. The molecule has 4 aromatic rings. The Labute approximate surface area is 203 Å². The highest BCUT2D eigenvalue weighted by atomic mass is 16.2. The largest absolute Gasteiger partial charge is 0.355 e. The van der Waals surface area contributed by atoms with Gasteiger partial charge in [-0.15, -0.1) is 0 Å². The number of H-pyrrole nitrogens is 1. The first kappa shape index (κ1) is 21.4. The number of aryl methyl sites for hydroxylation is 2. The number of carbonyl (C=O) groups excluding carboxylic acids is 1. The Morgan fingerprint density at radius 2 is 1.97 bits per heavy atom. The van der Waals surface area contributed by atoms with Gasteiger partial charge in [0.05, 0.1) is 17.2 Å². The summed E-state index contributed by atoms with van der Waals surface area (Å²) in [6, 6.07) is 12.8. The number of likely N-dealkylation sites (tertiary alicyclic amines) is 1. The van der Waals surface area contributed by atoms with Gasteiger partial charge in [-0.05, 0) is 49.1 Å². The predicted molar refractivity (Wildman–Crippen MR) is 137 cm³/mol. The van der Waals surface area contributed by atoms with E-state index in [0.29, 0.717) is 5.56 Å². The van der Waals surface area contributed by atoms with Gasteiger partial charge in [-0.1, -0.05) is 30.8 Å². The standard InChI is InChI=1S/C28H26N6O/c1-4-23(35)34-15-28(16-34)10-11-33(14-28)27-20(12-29)25(19-7-5-6-18(3)26(19)31-27)24-17(2)8-9-22-21(24)13-30-32-22/h4-9,13H,1,10-11,14-16H2,2-3H3,(H,30,32). The summed E-state index contributed by atoms with van der Waals surface area (Å²) < 4.78 is 0. The highest BCUT2D eigenvalue weighted by molar-refractivity contribution is 6.08. The molecule has 174 valence electrons. The zero-order valence-corrected chi connectivity index (χ0v) is 19.9. The Morgan fingerprint density at radius 3 is 2.74 bits per heavy atom. The van der Waals surface area contributed by atoms with Crippen LogP contribution in [0.3, 0.4) is 0 Å². The fraction of sp³-hybridized carbons (Fsp3) is 0.286. The smallest absolute Gasteiger partial charge is 0.245 e. The molecular weight excluding hydrogens is 436 g/mol. The highest BCUT2D eigenvalue weighted by Gasteiger charge is 2.49. The first-order chi connectivity index (χ1) is 16.9. The molecule has 2 aliphatic heterocycles. The molecule has 4 heterocycles. The highest BCUT2D eigenvalue weighted by Crippen LogP contribution is 2.45. The number of amides is 1. The number of nitrogens with one attached hydrogen (secondary N) is 1. The lowest BCUT2D eigenvalue weighted by Crippen LogP contribution is -2.59. The van der Waals surface area contributed by atoms with Crippen LogP contribution in [0.4, 0.5) is 5.82 Å². The molecule has 0 unspecified atom stereocenters. The fourth-order valence-electron chi connectivity index (χ4n) is 5.89. The number of hydrogen-bond donors (Lipinski definition) is 1. The van der Waals surface area contributed by atoms with Gasteiger partial charge in [0, 0.05) is 47.9 Å². The first-order valence-corrected chi connectivity index (χ1v) is 11.9. The zero-order chi connectivity index (χ0) is 24.3. The lowest BCUT2D eigenvalue weighted by molar-refractivity contribution is -0.136. The molecule has 1 amide bonds. The SMILES string of the molecule is C=CC(=O)N1CC2(CCN(c3nc4c(C)cccc4c(-c4c(C)ccc5[nH]ncc45)c3C#N)C2)C1. The van der Waals surface area contributed by atoms with Crippen molar-refractivity contribution in [3.63, 3.8) is 0 Å². The minimum absolute atomic E-state index is 0.0165. The molecule has 0 bridgehead atoms. The van der Waals surface area contributed by atoms with Crippen LogP contribution in [0.1, 0.15) is 23.1 Å². The molecule has 0 atom stereocenters. The van der Waals surface area contributed by atoms with Crippen molar-refractivity contribution in [2.24, 2.45) is 5.41 Å². The Balaban J connectivity index is 1.54. The van der Waals surface area contributed by atoms with Crippen LogP contribution in [-0.2, 0) is 4.79 Å². The van der Waals surface area contributed by atoms with E-state index >= 15 is 0 Å². The van der Waals surface area contributed by atoms with Crippen LogP contribution in [0.15, 0.2) is 49.2 Å². The van der Waals surface area contributed by atoms with Gasteiger partial charge >= 0.3 is 0 Å². The lowest BCUT2D eigenvalue weighted by atomic mass is 9.79. The Morgan fingerprint density at radius 1 is 1.14 bits per heavy atom. The molecule has 6 rings (SSSR count). The van der Waals surface area contributed by atoms with E-state index in [-0.39, 0.29) is 11.3 Å². The Bertz CT molecular complexity index is 1570. The maximum Gasteiger partial charge on any atom is 0.245 e. The maximum absolute atomic E-state index is 12.0. The summed E-state index contributed by atoms with van der Waals surface area (Å²) >= 11 is 0. The predicted octanol–water partition coefficient (Wildman–Crippen LogP) is 4.49. The topological polar surface area (TPSA) is 88.9 Å². The molecule has 2 aromatic carbocycles. The van der Waals surface area contributed by atoms with Crippen molar-refractivity contribution in [2.45, 2.75) is 20.3 Å². The van der Waals surface area contributed by atoms with Crippen molar-refractivity contribution in [3.8, 4) is 17.2 Å². The van der Waals surface area contributed by atoms with Crippen molar-refractivity contribution in [1.82, 2.24) is 20.1 Å². The zero-order valence-electron chi connectivity index (χ0n) is 19.9. The number of carbonyl (C=O) groups is 1. The van der Waals surface area contributed by atoms with E-state index in [0.717, 1.165) is 82.5 Å². The van der Waals surface area contributed by atoms with Crippen LogP contribution < -0.4 is 4.90 Å². The molecule has 0 radical (unpaired) electrons. The summed E-state index contributed by atoms with van der Waals surface area (Å²) in [5.74, 6) is 0.715.